The summed E-state index contributed by atoms with van der Waals surface area (Å²) >= 11 is -1.33. The molecule has 0 aromatic heterocycles. The Kier molecular flexibility index (Phi) is 14.5. The topological polar surface area (TPSA) is 0 Å². The molecule has 0 bridgehead atoms. The van der Waals surface area contributed by atoms with E-state index in [2.05, 4.69) is 0 Å². The molecular weight excluding hydrogens is 302 g/mol. The van der Waals surface area contributed by atoms with E-state index in [1.807, 2.05) is 0 Å². The predicted molar refractivity (Wildman–Crippen MR) is 17.6 cm³/mol. The van der Waals surface area contributed by atoms with Crippen LogP contribution in [0.25, 0.3) is 0 Å². The maximum absolute atomic E-state index is 4.89. The average molecular weight is 302 g/mol. The first kappa shape index (κ1) is 10.7. The molecule has 0 aliphatic carbocycles. The van der Waals surface area contributed by atoms with Gasteiger partial charge in [-0.15, -0.1) is 0 Å². The predicted octanol–water partition coefficient (Wildman–Crippen LogP) is 2.07. The zero-order valence-corrected chi connectivity index (χ0v) is 8.50. The van der Waals surface area contributed by atoms with Crippen LogP contribution in [0.5, 0.6) is 0 Å². The molecule has 0 spiro atoms. The molecule has 0 nitrogen and oxygen atoms in total. The van der Waals surface area contributed by atoms with E-state index in [9.17, 15) is 0 Å². The van der Waals surface area contributed by atoms with Crippen molar-refractivity contribution in [3.8, 4) is 0 Å². The van der Waals surface area contributed by atoms with Crippen molar-refractivity contribution in [2.75, 3.05) is 0 Å². The third-order valence-electron chi connectivity index (χ3n) is 0. The molecule has 0 unspecified atom stereocenters. The van der Waals surface area contributed by atoms with Gasteiger partial charge in [-0.25, -0.2) is 0 Å². The Labute approximate surface area is 81.5 Å². The van der Waals surface area contributed by atoms with E-state index in [1.54, 1.807) is 0 Å². The molecule has 0 amide bonds. The standard InChI is InChI=1S/Ce.3ClH.Fe/h;3*1H;/q;;;;+3/p-3. The molecule has 33 valence electrons. The Morgan fingerprint density at radius 3 is 1.00 bits per heavy atom. The minimum atomic E-state index is -1.33. The van der Waals surface area contributed by atoms with Gasteiger partial charge >= 0.3 is 41.5 Å². The van der Waals surface area contributed by atoms with Crippen LogP contribution in [0, 0.1) is 41.7 Å². The first-order valence-corrected chi connectivity index (χ1v) is 4.96. The zero-order valence-electron chi connectivity index (χ0n) is 1.99. The molecule has 0 radical (unpaired) electrons. The van der Waals surface area contributed by atoms with Crippen LogP contribution in [-0.4, -0.2) is 0 Å². The van der Waals surface area contributed by atoms with Gasteiger partial charge in [-0.2, -0.15) is 0 Å². The van der Waals surface area contributed by atoms with Crippen molar-refractivity contribution in [1.82, 2.24) is 0 Å². The van der Waals surface area contributed by atoms with Crippen molar-refractivity contribution in [3.05, 3.63) is 0 Å². The summed E-state index contributed by atoms with van der Waals surface area (Å²) in [5.41, 5.74) is 0. The monoisotopic (exact) mass is 301 g/mol. The molecular formula is CeCl3Fe. The Hall–Kier alpha value is 2.77. The van der Waals surface area contributed by atoms with Crippen LogP contribution in [0.3, 0.4) is 0 Å². The summed E-state index contributed by atoms with van der Waals surface area (Å²) in [5.74, 6) is 0. The second kappa shape index (κ2) is 6.77. The third-order valence-corrected chi connectivity index (χ3v) is 0. The van der Waals surface area contributed by atoms with Gasteiger partial charge in [0.25, 0.3) is 0 Å². The summed E-state index contributed by atoms with van der Waals surface area (Å²) in [7, 11) is 14.7. The van der Waals surface area contributed by atoms with Crippen LogP contribution in [0.4, 0.5) is 0 Å². The van der Waals surface area contributed by atoms with Crippen LogP contribution in [-0.2, 0) is 11.2 Å². The molecule has 5 heavy (non-hydrogen) atoms. The van der Waals surface area contributed by atoms with Crippen molar-refractivity contribution in [2.45, 2.75) is 0 Å². The van der Waals surface area contributed by atoms with E-state index < -0.39 is 11.2 Å². The molecule has 0 N–H and O–H groups in total. The van der Waals surface area contributed by atoms with E-state index in [4.69, 9.17) is 30.3 Å². The number of hydrogen-bond acceptors (Lipinski definition) is 0. The number of halogens is 3. The third kappa shape index (κ3) is 20.1. The van der Waals surface area contributed by atoms with Gasteiger partial charge in [-0.1, -0.05) is 0 Å². The van der Waals surface area contributed by atoms with Crippen molar-refractivity contribution in [3.63, 3.8) is 0 Å². The molecule has 0 saturated heterocycles. The molecule has 0 aromatic carbocycles. The van der Waals surface area contributed by atoms with Crippen LogP contribution < -0.4 is 0 Å². The molecule has 0 heterocycles. The summed E-state index contributed by atoms with van der Waals surface area (Å²) in [6.07, 6.45) is 0. The molecule has 0 fully saturated rings. The summed E-state index contributed by atoms with van der Waals surface area (Å²) in [6, 6.07) is 0. The van der Waals surface area contributed by atoms with Gasteiger partial charge in [0, 0.05) is 41.7 Å². The molecule has 0 aromatic rings. The molecule has 0 rings (SSSR count). The fourth-order valence-electron chi connectivity index (χ4n) is 0. The fourth-order valence-corrected chi connectivity index (χ4v) is 0. The molecule has 0 aliphatic rings. The summed E-state index contributed by atoms with van der Waals surface area (Å²) < 4.78 is 0. The number of rotatable bonds is 0. The van der Waals surface area contributed by atoms with Crippen molar-refractivity contribution in [2.24, 2.45) is 0 Å². The Balaban J connectivity index is 0. The van der Waals surface area contributed by atoms with Crippen molar-refractivity contribution >= 4 is 30.3 Å². The van der Waals surface area contributed by atoms with Gasteiger partial charge in [0.2, 0.25) is 0 Å². The first-order chi connectivity index (χ1) is 1.73. The second-order valence-corrected chi connectivity index (χ2v) is 5.62. The van der Waals surface area contributed by atoms with E-state index in [0.29, 0.717) is 0 Å². The SMILES string of the molecule is [Ce].[Cl][Fe]([Cl])[Cl]. The van der Waals surface area contributed by atoms with Crippen LogP contribution >= 0.6 is 30.3 Å². The van der Waals surface area contributed by atoms with Crippen LogP contribution in [0.2, 0.25) is 0 Å². The number of hydrogen-bond donors (Lipinski definition) is 0. The Morgan fingerprint density at radius 2 is 1.00 bits per heavy atom. The van der Waals surface area contributed by atoms with E-state index >= 15 is 0 Å². The summed E-state index contributed by atoms with van der Waals surface area (Å²) in [4.78, 5) is 0. The van der Waals surface area contributed by atoms with Crippen LogP contribution in [0.1, 0.15) is 0 Å². The quantitative estimate of drug-likeness (QED) is 0.601. The van der Waals surface area contributed by atoms with E-state index in [0.717, 1.165) is 0 Å². The van der Waals surface area contributed by atoms with Gasteiger partial charge in [0.15, 0.2) is 0 Å². The molecule has 5 heteroatoms. The van der Waals surface area contributed by atoms with Gasteiger partial charge < -0.3 is 0 Å². The minimum absolute atomic E-state index is 0. The summed E-state index contributed by atoms with van der Waals surface area (Å²) in [5, 5.41) is 0. The first-order valence-electron chi connectivity index (χ1n) is 0.401. The van der Waals surface area contributed by atoms with Gasteiger partial charge in [-0.05, 0) is 0 Å². The second-order valence-electron chi connectivity index (χ2n) is 0.152. The van der Waals surface area contributed by atoms with Crippen molar-refractivity contribution in [1.29, 1.82) is 0 Å². The van der Waals surface area contributed by atoms with Gasteiger partial charge in [0.05, 0.1) is 0 Å². The van der Waals surface area contributed by atoms with Crippen LogP contribution in [0.15, 0.2) is 0 Å². The summed E-state index contributed by atoms with van der Waals surface area (Å²) in [6.45, 7) is 0. The van der Waals surface area contributed by atoms with Gasteiger partial charge in [0.1, 0.15) is 0 Å². The molecule has 0 saturated carbocycles. The van der Waals surface area contributed by atoms with E-state index in [1.165, 1.54) is 0 Å². The normalized spacial score (nSPS) is 9.00. The molecule has 0 atom stereocenters. The zero-order chi connectivity index (χ0) is 3.58. The van der Waals surface area contributed by atoms with Crippen molar-refractivity contribution < 1.29 is 52.9 Å². The molecule has 0 aliphatic heterocycles. The van der Waals surface area contributed by atoms with E-state index in [-0.39, 0.29) is 41.7 Å². The Morgan fingerprint density at radius 1 is 1.00 bits per heavy atom. The maximum atomic E-state index is 4.89. The fraction of sp³-hybridized carbons (Fsp3) is 0. The average Bonchev–Trinajstić information content (AvgIpc) is 0.811. The van der Waals surface area contributed by atoms with Gasteiger partial charge in [-0.3, -0.25) is 0 Å². The Bertz CT molecular complexity index is 11.6.